The van der Waals surface area contributed by atoms with Crippen LogP contribution in [0.2, 0.25) is 0 Å². The largest absolute Gasteiger partial charge is 0.465 e. The van der Waals surface area contributed by atoms with E-state index in [9.17, 15) is 4.79 Å². The standard InChI is InChI=1S/C15H23N3O2/c1-10-6-12(7-13(14(10)16)15(19)20-3)17-8-11-4-5-18(2)9-11/h6-7,11,17H,4-5,8-9,16H2,1-3H3. The fraction of sp³-hybridized carbons (Fsp3) is 0.533. The highest BCUT2D eigenvalue weighted by Gasteiger charge is 2.19. The molecule has 0 amide bonds. The van der Waals surface area contributed by atoms with Crippen molar-refractivity contribution in [3.05, 3.63) is 23.3 Å². The molecule has 0 radical (unpaired) electrons. The van der Waals surface area contributed by atoms with Gasteiger partial charge in [0.15, 0.2) is 0 Å². The minimum absolute atomic E-state index is 0.394. The van der Waals surface area contributed by atoms with Crippen LogP contribution < -0.4 is 11.1 Å². The maximum absolute atomic E-state index is 11.7. The summed E-state index contributed by atoms with van der Waals surface area (Å²) >= 11 is 0. The summed E-state index contributed by atoms with van der Waals surface area (Å²) in [5.41, 5.74) is 8.66. The lowest BCUT2D eigenvalue weighted by Gasteiger charge is -2.15. The summed E-state index contributed by atoms with van der Waals surface area (Å²) in [6.45, 7) is 5.08. The predicted molar refractivity (Wildman–Crippen MR) is 81.0 cm³/mol. The molecule has 1 aromatic carbocycles. The van der Waals surface area contributed by atoms with Crippen LogP contribution in [0.3, 0.4) is 0 Å². The summed E-state index contributed by atoms with van der Waals surface area (Å²) in [5, 5.41) is 3.40. The van der Waals surface area contributed by atoms with Gasteiger partial charge in [0, 0.05) is 24.5 Å². The summed E-state index contributed by atoms with van der Waals surface area (Å²) in [6.07, 6.45) is 1.21. The number of nitrogen functional groups attached to an aromatic ring is 1. The van der Waals surface area contributed by atoms with Crippen LogP contribution in [0.1, 0.15) is 22.3 Å². The number of benzene rings is 1. The van der Waals surface area contributed by atoms with Crippen LogP contribution in [-0.2, 0) is 4.74 Å². The second-order valence-corrected chi connectivity index (χ2v) is 5.54. The van der Waals surface area contributed by atoms with Gasteiger partial charge in [-0.1, -0.05) is 0 Å². The molecule has 5 heteroatoms. The van der Waals surface area contributed by atoms with Gasteiger partial charge in [0.25, 0.3) is 0 Å². The normalized spacial score (nSPS) is 19.1. The maximum atomic E-state index is 11.7. The highest BCUT2D eigenvalue weighted by Crippen LogP contribution is 2.24. The summed E-state index contributed by atoms with van der Waals surface area (Å²) in [4.78, 5) is 14.0. The van der Waals surface area contributed by atoms with Gasteiger partial charge >= 0.3 is 5.97 Å². The Morgan fingerprint density at radius 2 is 2.30 bits per heavy atom. The Bertz CT molecular complexity index is 502. The number of hydrogen-bond acceptors (Lipinski definition) is 5. The number of esters is 1. The van der Waals surface area contributed by atoms with Crippen LogP contribution >= 0.6 is 0 Å². The first-order valence-corrected chi connectivity index (χ1v) is 6.92. The van der Waals surface area contributed by atoms with Crippen LogP contribution in [-0.4, -0.2) is 44.7 Å². The van der Waals surface area contributed by atoms with Crippen molar-refractivity contribution in [2.24, 2.45) is 5.92 Å². The number of anilines is 2. The highest BCUT2D eigenvalue weighted by molar-refractivity contribution is 5.97. The van der Waals surface area contributed by atoms with E-state index in [4.69, 9.17) is 10.5 Å². The third kappa shape index (κ3) is 3.22. The molecule has 0 aromatic heterocycles. The number of likely N-dealkylation sites (tertiary alicyclic amines) is 1. The second-order valence-electron chi connectivity index (χ2n) is 5.54. The number of rotatable bonds is 4. The fourth-order valence-electron chi connectivity index (χ4n) is 2.63. The Morgan fingerprint density at radius 1 is 1.55 bits per heavy atom. The molecule has 1 atom stereocenters. The average molecular weight is 277 g/mol. The quantitative estimate of drug-likeness (QED) is 0.648. The van der Waals surface area contributed by atoms with Crippen molar-refractivity contribution in [3.63, 3.8) is 0 Å². The van der Waals surface area contributed by atoms with Crippen molar-refractivity contribution in [2.45, 2.75) is 13.3 Å². The zero-order chi connectivity index (χ0) is 14.7. The van der Waals surface area contributed by atoms with Crippen LogP contribution in [0.4, 0.5) is 11.4 Å². The Morgan fingerprint density at radius 3 is 2.90 bits per heavy atom. The molecule has 5 nitrogen and oxygen atoms in total. The monoisotopic (exact) mass is 277 g/mol. The number of nitrogens with one attached hydrogen (secondary N) is 1. The van der Waals surface area contributed by atoms with E-state index in [2.05, 4.69) is 17.3 Å². The highest BCUT2D eigenvalue weighted by atomic mass is 16.5. The van der Waals surface area contributed by atoms with Crippen molar-refractivity contribution >= 4 is 17.3 Å². The minimum Gasteiger partial charge on any atom is -0.465 e. The first-order valence-electron chi connectivity index (χ1n) is 6.92. The van der Waals surface area contributed by atoms with Crippen LogP contribution in [0.25, 0.3) is 0 Å². The third-order valence-corrected chi connectivity index (χ3v) is 3.88. The molecule has 1 heterocycles. The van der Waals surface area contributed by atoms with Gasteiger partial charge < -0.3 is 20.7 Å². The molecule has 1 saturated heterocycles. The van der Waals surface area contributed by atoms with Crippen molar-refractivity contribution in [2.75, 3.05) is 44.8 Å². The van der Waals surface area contributed by atoms with Crippen molar-refractivity contribution < 1.29 is 9.53 Å². The predicted octanol–water partition coefficient (Wildman–Crippen LogP) is 1.73. The van der Waals surface area contributed by atoms with Crippen molar-refractivity contribution in [1.29, 1.82) is 0 Å². The Labute approximate surface area is 120 Å². The van der Waals surface area contributed by atoms with Gasteiger partial charge in [-0.25, -0.2) is 4.79 Å². The molecule has 0 aliphatic carbocycles. The van der Waals surface area contributed by atoms with Gasteiger partial charge in [-0.2, -0.15) is 0 Å². The lowest BCUT2D eigenvalue weighted by Crippen LogP contribution is -2.19. The van der Waals surface area contributed by atoms with Gasteiger partial charge in [-0.3, -0.25) is 0 Å². The molecule has 1 unspecified atom stereocenters. The second kappa shape index (κ2) is 6.13. The molecule has 1 aliphatic rings. The zero-order valence-electron chi connectivity index (χ0n) is 12.4. The van der Waals surface area contributed by atoms with Gasteiger partial charge in [-0.05, 0) is 50.6 Å². The molecule has 1 aromatic rings. The SMILES string of the molecule is COC(=O)c1cc(NCC2CCN(C)C2)cc(C)c1N. The summed E-state index contributed by atoms with van der Waals surface area (Å²) in [6, 6.07) is 3.74. The molecule has 20 heavy (non-hydrogen) atoms. The van der Waals surface area contributed by atoms with Crippen LogP contribution in [0, 0.1) is 12.8 Å². The zero-order valence-corrected chi connectivity index (χ0v) is 12.4. The van der Waals surface area contributed by atoms with E-state index in [1.54, 1.807) is 6.07 Å². The van der Waals surface area contributed by atoms with Gasteiger partial charge in [0.05, 0.1) is 12.7 Å². The van der Waals surface area contributed by atoms with E-state index in [1.165, 1.54) is 13.5 Å². The van der Waals surface area contributed by atoms with Gasteiger partial charge in [-0.15, -0.1) is 0 Å². The lowest BCUT2D eigenvalue weighted by atomic mass is 10.1. The lowest BCUT2D eigenvalue weighted by molar-refractivity contribution is 0.0602. The molecule has 0 saturated carbocycles. The number of methoxy groups -OCH3 is 1. The molecule has 0 spiro atoms. The number of nitrogens with two attached hydrogens (primary N) is 1. The summed E-state index contributed by atoms with van der Waals surface area (Å²) in [5.74, 6) is 0.259. The topological polar surface area (TPSA) is 67.6 Å². The van der Waals surface area contributed by atoms with Gasteiger partial charge in [0.1, 0.15) is 0 Å². The maximum Gasteiger partial charge on any atom is 0.340 e. The number of ether oxygens (including phenoxy) is 1. The van der Waals surface area contributed by atoms with Crippen LogP contribution in [0.5, 0.6) is 0 Å². The minimum atomic E-state index is -0.394. The molecule has 3 N–H and O–H groups in total. The molecule has 2 rings (SSSR count). The number of carbonyl (C=O) groups excluding carboxylic acids is 1. The number of nitrogens with zero attached hydrogens (tertiary/aromatic N) is 1. The Balaban J connectivity index is 2.08. The Hall–Kier alpha value is -1.75. The molecular weight excluding hydrogens is 254 g/mol. The van der Waals surface area contributed by atoms with E-state index in [-0.39, 0.29) is 0 Å². The molecule has 1 fully saturated rings. The van der Waals surface area contributed by atoms with Crippen molar-refractivity contribution in [3.8, 4) is 0 Å². The number of aryl methyl sites for hydroxylation is 1. The third-order valence-electron chi connectivity index (χ3n) is 3.88. The first kappa shape index (κ1) is 14.7. The fourth-order valence-corrected chi connectivity index (χ4v) is 2.63. The van der Waals surface area contributed by atoms with Gasteiger partial charge in [0.2, 0.25) is 0 Å². The van der Waals surface area contributed by atoms with Crippen molar-refractivity contribution in [1.82, 2.24) is 4.90 Å². The summed E-state index contributed by atoms with van der Waals surface area (Å²) in [7, 11) is 3.51. The van der Waals surface area contributed by atoms with E-state index < -0.39 is 5.97 Å². The van der Waals surface area contributed by atoms with E-state index in [0.717, 1.165) is 30.9 Å². The van der Waals surface area contributed by atoms with E-state index in [0.29, 0.717) is 17.2 Å². The van der Waals surface area contributed by atoms with E-state index in [1.807, 2.05) is 13.0 Å². The summed E-state index contributed by atoms with van der Waals surface area (Å²) < 4.78 is 4.77. The molecule has 110 valence electrons. The molecule has 1 aliphatic heterocycles. The number of carbonyl (C=O) groups is 1. The molecular formula is C15H23N3O2. The smallest absolute Gasteiger partial charge is 0.340 e. The molecule has 0 bridgehead atoms. The Kier molecular flexibility index (Phi) is 4.49. The first-order chi connectivity index (χ1) is 9.51. The van der Waals surface area contributed by atoms with E-state index >= 15 is 0 Å². The number of hydrogen-bond donors (Lipinski definition) is 2. The average Bonchev–Trinajstić information content (AvgIpc) is 2.85. The van der Waals surface area contributed by atoms with Crippen LogP contribution in [0.15, 0.2) is 12.1 Å².